The highest BCUT2D eigenvalue weighted by molar-refractivity contribution is 7.18. The minimum absolute atomic E-state index is 0.332. The van der Waals surface area contributed by atoms with Gasteiger partial charge in [-0.15, -0.1) is 11.3 Å². The molecule has 29 heavy (non-hydrogen) atoms. The number of rotatable bonds is 3. The lowest BCUT2D eigenvalue weighted by molar-refractivity contribution is -0.137. The van der Waals surface area contributed by atoms with Crippen molar-refractivity contribution in [3.63, 3.8) is 0 Å². The predicted molar refractivity (Wildman–Crippen MR) is 105 cm³/mol. The highest BCUT2D eigenvalue weighted by Gasteiger charge is 2.33. The minimum Gasteiger partial charge on any atom is -0.324 e. The van der Waals surface area contributed by atoms with Crippen LogP contribution < -0.4 is 10.9 Å². The molecule has 2 heterocycles. The summed E-state index contributed by atoms with van der Waals surface area (Å²) in [7, 11) is 0. The molecule has 1 atom stereocenters. The quantitative estimate of drug-likeness (QED) is 0.688. The number of halogens is 3. The Morgan fingerprint density at radius 2 is 2.10 bits per heavy atom. The number of thiophene rings is 1. The lowest BCUT2D eigenvalue weighted by Gasteiger charge is -2.17. The Bertz CT molecular complexity index is 1150. The molecule has 2 aromatic heterocycles. The number of aryl methyl sites for hydroxylation is 1. The molecule has 1 N–H and O–H groups in total. The van der Waals surface area contributed by atoms with Crippen LogP contribution in [-0.4, -0.2) is 15.5 Å². The Hall–Kier alpha value is -2.68. The van der Waals surface area contributed by atoms with Crippen LogP contribution in [0.1, 0.15) is 29.3 Å². The van der Waals surface area contributed by atoms with Crippen LogP contribution in [0.2, 0.25) is 0 Å². The van der Waals surface area contributed by atoms with Gasteiger partial charge in [-0.25, -0.2) is 4.98 Å². The van der Waals surface area contributed by atoms with E-state index in [9.17, 15) is 22.8 Å². The zero-order chi connectivity index (χ0) is 20.8. The molecule has 0 fully saturated rings. The molecule has 0 aliphatic heterocycles. The number of anilines is 1. The maximum absolute atomic E-state index is 13.1. The summed E-state index contributed by atoms with van der Waals surface area (Å²) in [6, 6.07) is 4.74. The SMILES string of the molecule is C[C@H]1CCc2c(sc3ncn(CC(=O)Nc4ccccc4C(F)(F)F)c(=O)c23)C1. The van der Waals surface area contributed by atoms with E-state index in [1.54, 1.807) is 0 Å². The molecular formula is C20H18F3N3O2S. The van der Waals surface area contributed by atoms with Gasteiger partial charge >= 0.3 is 6.18 Å². The van der Waals surface area contributed by atoms with E-state index in [-0.39, 0.29) is 11.2 Å². The molecule has 0 saturated heterocycles. The van der Waals surface area contributed by atoms with Gasteiger partial charge in [-0.3, -0.25) is 14.2 Å². The molecule has 9 heteroatoms. The van der Waals surface area contributed by atoms with Gasteiger partial charge in [0.05, 0.1) is 23.0 Å². The minimum atomic E-state index is -4.59. The molecule has 1 aliphatic rings. The number of aromatic nitrogens is 2. The van der Waals surface area contributed by atoms with Crippen molar-refractivity contribution in [1.29, 1.82) is 0 Å². The number of fused-ring (bicyclic) bond motifs is 3. The highest BCUT2D eigenvalue weighted by Crippen LogP contribution is 2.36. The van der Waals surface area contributed by atoms with E-state index in [0.717, 1.165) is 40.3 Å². The average Bonchev–Trinajstić information content (AvgIpc) is 3.01. The summed E-state index contributed by atoms with van der Waals surface area (Å²) in [5.74, 6) is -0.167. The maximum Gasteiger partial charge on any atom is 0.418 e. The van der Waals surface area contributed by atoms with E-state index in [0.29, 0.717) is 16.1 Å². The summed E-state index contributed by atoms with van der Waals surface area (Å²) in [5, 5.41) is 2.79. The monoisotopic (exact) mass is 421 g/mol. The molecule has 0 radical (unpaired) electrons. The summed E-state index contributed by atoms with van der Waals surface area (Å²) in [4.78, 5) is 31.4. The van der Waals surface area contributed by atoms with Gasteiger partial charge in [-0.05, 0) is 42.9 Å². The summed E-state index contributed by atoms with van der Waals surface area (Å²) in [5.41, 5.74) is -0.608. The van der Waals surface area contributed by atoms with E-state index in [2.05, 4.69) is 17.2 Å². The molecule has 4 rings (SSSR count). The van der Waals surface area contributed by atoms with Crippen molar-refractivity contribution in [2.75, 3.05) is 5.32 Å². The molecule has 0 bridgehead atoms. The summed E-state index contributed by atoms with van der Waals surface area (Å²) >= 11 is 1.50. The number of nitrogens with one attached hydrogen (secondary N) is 1. The maximum atomic E-state index is 13.1. The van der Waals surface area contributed by atoms with Crippen LogP contribution in [-0.2, 0) is 30.4 Å². The lowest BCUT2D eigenvalue weighted by atomic mass is 9.89. The number of amides is 1. The van der Waals surface area contributed by atoms with Crippen molar-refractivity contribution < 1.29 is 18.0 Å². The topological polar surface area (TPSA) is 64.0 Å². The van der Waals surface area contributed by atoms with Gasteiger partial charge in [-0.1, -0.05) is 19.1 Å². The molecule has 3 aromatic rings. The van der Waals surface area contributed by atoms with Crippen LogP contribution in [0.25, 0.3) is 10.2 Å². The van der Waals surface area contributed by atoms with Gasteiger partial charge in [0, 0.05) is 4.88 Å². The first-order valence-corrected chi connectivity index (χ1v) is 10.0. The molecule has 152 valence electrons. The first kappa shape index (κ1) is 19.6. The van der Waals surface area contributed by atoms with Crippen LogP contribution in [0.5, 0.6) is 0 Å². The molecule has 0 spiro atoms. The van der Waals surface area contributed by atoms with Gasteiger partial charge in [0.1, 0.15) is 11.4 Å². The number of carbonyl (C=O) groups is 1. The second-order valence-corrected chi connectivity index (χ2v) is 8.38. The number of para-hydroxylation sites is 1. The molecule has 0 unspecified atom stereocenters. The smallest absolute Gasteiger partial charge is 0.324 e. The normalized spacial score (nSPS) is 16.6. The van der Waals surface area contributed by atoms with E-state index < -0.39 is 24.2 Å². The summed E-state index contributed by atoms with van der Waals surface area (Å²) in [6.07, 6.45) is -0.617. The second kappa shape index (κ2) is 7.29. The van der Waals surface area contributed by atoms with Gasteiger partial charge in [-0.2, -0.15) is 13.2 Å². The van der Waals surface area contributed by atoms with Crippen LogP contribution in [0.15, 0.2) is 35.4 Å². The number of nitrogens with zero attached hydrogens (tertiary/aromatic N) is 2. The largest absolute Gasteiger partial charge is 0.418 e. The number of benzene rings is 1. The van der Waals surface area contributed by atoms with Crippen molar-refractivity contribution in [3.05, 3.63) is 57.0 Å². The zero-order valence-corrected chi connectivity index (χ0v) is 16.4. The van der Waals surface area contributed by atoms with E-state index in [4.69, 9.17) is 0 Å². The third-order valence-electron chi connectivity index (χ3n) is 5.10. The third kappa shape index (κ3) is 3.78. The fraction of sp³-hybridized carbons (Fsp3) is 0.350. The Morgan fingerprint density at radius 1 is 1.34 bits per heavy atom. The van der Waals surface area contributed by atoms with Gasteiger partial charge in [0.15, 0.2) is 0 Å². The van der Waals surface area contributed by atoms with Crippen molar-refractivity contribution in [2.24, 2.45) is 5.92 Å². The molecule has 1 aromatic carbocycles. The van der Waals surface area contributed by atoms with E-state index >= 15 is 0 Å². The van der Waals surface area contributed by atoms with Crippen molar-refractivity contribution in [1.82, 2.24) is 9.55 Å². The van der Waals surface area contributed by atoms with Crippen molar-refractivity contribution in [3.8, 4) is 0 Å². The molecule has 0 saturated carbocycles. The molecular weight excluding hydrogens is 403 g/mol. The zero-order valence-electron chi connectivity index (χ0n) is 15.5. The lowest BCUT2D eigenvalue weighted by Crippen LogP contribution is -2.28. The van der Waals surface area contributed by atoms with Gasteiger partial charge in [0.25, 0.3) is 5.56 Å². The average molecular weight is 421 g/mol. The van der Waals surface area contributed by atoms with E-state index in [1.807, 2.05) is 0 Å². The van der Waals surface area contributed by atoms with Gasteiger partial charge in [0.2, 0.25) is 5.91 Å². The Morgan fingerprint density at radius 3 is 2.86 bits per heavy atom. The second-order valence-electron chi connectivity index (χ2n) is 7.30. The molecule has 1 amide bonds. The first-order chi connectivity index (χ1) is 13.7. The van der Waals surface area contributed by atoms with Crippen LogP contribution in [0.3, 0.4) is 0 Å². The van der Waals surface area contributed by atoms with Crippen LogP contribution >= 0.6 is 11.3 Å². The number of carbonyl (C=O) groups excluding carboxylic acids is 1. The fourth-order valence-corrected chi connectivity index (χ4v) is 5.00. The fourth-order valence-electron chi connectivity index (χ4n) is 3.66. The Balaban J connectivity index is 1.61. The standard InChI is InChI=1S/C20H18F3N3O2S/c1-11-6-7-12-15(8-11)29-18-17(12)19(28)26(10-24-18)9-16(27)25-14-5-3-2-4-13(14)20(21,22)23/h2-5,10-11H,6-9H2,1H3,(H,25,27)/t11-/m0/s1. The van der Waals surface area contributed by atoms with Gasteiger partial charge < -0.3 is 5.32 Å². The van der Waals surface area contributed by atoms with Crippen molar-refractivity contribution >= 4 is 33.1 Å². The van der Waals surface area contributed by atoms with Crippen LogP contribution in [0.4, 0.5) is 18.9 Å². The van der Waals surface area contributed by atoms with Crippen LogP contribution in [0, 0.1) is 5.92 Å². The van der Waals surface area contributed by atoms with Crippen molar-refractivity contribution in [2.45, 2.75) is 38.9 Å². The molecule has 5 nitrogen and oxygen atoms in total. The third-order valence-corrected chi connectivity index (χ3v) is 6.27. The highest BCUT2D eigenvalue weighted by atomic mass is 32.1. The number of alkyl halides is 3. The van der Waals surface area contributed by atoms with E-state index in [1.165, 1.54) is 35.9 Å². The Kier molecular flexibility index (Phi) is 4.94. The number of hydrogen-bond donors (Lipinski definition) is 1. The summed E-state index contributed by atoms with van der Waals surface area (Å²) in [6.45, 7) is 1.76. The molecule has 1 aliphatic carbocycles. The Labute approximate surface area is 168 Å². The first-order valence-electron chi connectivity index (χ1n) is 9.20. The predicted octanol–water partition coefficient (Wildman–Crippen LogP) is 4.24. The summed E-state index contributed by atoms with van der Waals surface area (Å²) < 4.78 is 40.5. The number of hydrogen-bond acceptors (Lipinski definition) is 4.